The Morgan fingerprint density at radius 1 is 0.935 bits per heavy atom. The zero-order chi connectivity index (χ0) is 21.8. The van der Waals surface area contributed by atoms with Gasteiger partial charge in [-0.1, -0.05) is 24.3 Å². The molecule has 1 aromatic heterocycles. The third-order valence-corrected chi connectivity index (χ3v) is 6.00. The van der Waals surface area contributed by atoms with Gasteiger partial charge in [0.2, 0.25) is 0 Å². The standard InChI is InChI=1S/C27H28N2O2/c1-26(2)15-19-14-22(30-5)25-20(16-27(3,4)31-25)23(19)24(29-26)18-10-8-9-17(13-18)21-11-6-7-12-28-21/h6-14H,15-16H2,1-5H3. The monoisotopic (exact) mass is 412 g/mol. The summed E-state index contributed by atoms with van der Waals surface area (Å²) in [5.74, 6) is 1.68. The molecule has 3 aromatic rings. The lowest BCUT2D eigenvalue weighted by molar-refractivity contribution is 0.134. The fourth-order valence-corrected chi connectivity index (χ4v) is 4.79. The topological polar surface area (TPSA) is 43.7 Å². The number of fused-ring (bicyclic) bond motifs is 3. The highest BCUT2D eigenvalue weighted by molar-refractivity contribution is 6.16. The molecular weight excluding hydrogens is 384 g/mol. The summed E-state index contributed by atoms with van der Waals surface area (Å²) in [4.78, 5) is 9.77. The van der Waals surface area contributed by atoms with Crippen molar-refractivity contribution in [2.45, 2.75) is 51.7 Å². The van der Waals surface area contributed by atoms with E-state index in [1.54, 1.807) is 7.11 Å². The lowest BCUT2D eigenvalue weighted by atomic mass is 9.80. The number of methoxy groups -OCH3 is 1. The zero-order valence-corrected chi connectivity index (χ0v) is 18.8. The van der Waals surface area contributed by atoms with Gasteiger partial charge in [0, 0.05) is 34.9 Å². The number of hydrogen-bond donors (Lipinski definition) is 0. The van der Waals surface area contributed by atoms with Gasteiger partial charge in [-0.05, 0) is 63.9 Å². The van der Waals surface area contributed by atoms with E-state index in [9.17, 15) is 0 Å². The summed E-state index contributed by atoms with van der Waals surface area (Å²) in [6.45, 7) is 8.64. The molecule has 0 unspecified atom stereocenters. The summed E-state index contributed by atoms with van der Waals surface area (Å²) in [6.07, 6.45) is 3.54. The molecule has 0 bridgehead atoms. The van der Waals surface area contributed by atoms with Crippen LogP contribution in [0.1, 0.15) is 49.9 Å². The second-order valence-electron chi connectivity index (χ2n) is 9.70. The maximum Gasteiger partial charge on any atom is 0.166 e. The average Bonchev–Trinajstić information content (AvgIpc) is 3.07. The first-order chi connectivity index (χ1) is 14.8. The van der Waals surface area contributed by atoms with E-state index in [0.29, 0.717) is 0 Å². The van der Waals surface area contributed by atoms with Crippen LogP contribution in [0.15, 0.2) is 59.7 Å². The third-order valence-electron chi connectivity index (χ3n) is 6.00. The van der Waals surface area contributed by atoms with Gasteiger partial charge in [0.15, 0.2) is 11.5 Å². The molecule has 0 radical (unpaired) electrons. The Kier molecular flexibility index (Phi) is 4.44. The quantitative estimate of drug-likeness (QED) is 0.559. The number of pyridine rings is 1. The fourth-order valence-electron chi connectivity index (χ4n) is 4.79. The van der Waals surface area contributed by atoms with Crippen LogP contribution in [0.4, 0.5) is 0 Å². The summed E-state index contributed by atoms with van der Waals surface area (Å²) >= 11 is 0. The van der Waals surface area contributed by atoms with E-state index in [1.165, 1.54) is 16.7 Å². The molecule has 0 saturated heterocycles. The molecule has 0 aliphatic carbocycles. The minimum Gasteiger partial charge on any atom is -0.493 e. The van der Waals surface area contributed by atoms with Gasteiger partial charge in [-0.3, -0.25) is 9.98 Å². The fraction of sp³-hybridized carbons (Fsp3) is 0.333. The van der Waals surface area contributed by atoms with Crippen LogP contribution in [0.5, 0.6) is 11.5 Å². The largest absolute Gasteiger partial charge is 0.493 e. The van der Waals surface area contributed by atoms with Crippen molar-refractivity contribution in [3.8, 4) is 22.8 Å². The predicted octanol–water partition coefficient (Wildman–Crippen LogP) is 5.64. The lowest BCUT2D eigenvalue weighted by Crippen LogP contribution is -2.30. The second kappa shape index (κ2) is 6.94. The molecule has 0 N–H and O–H groups in total. The Bertz CT molecular complexity index is 1190. The Morgan fingerprint density at radius 3 is 2.48 bits per heavy atom. The Morgan fingerprint density at radius 2 is 1.74 bits per heavy atom. The van der Waals surface area contributed by atoms with Crippen molar-refractivity contribution in [3.63, 3.8) is 0 Å². The van der Waals surface area contributed by atoms with Gasteiger partial charge >= 0.3 is 0 Å². The van der Waals surface area contributed by atoms with Crippen LogP contribution >= 0.6 is 0 Å². The van der Waals surface area contributed by atoms with Crippen molar-refractivity contribution >= 4 is 5.71 Å². The number of benzene rings is 2. The molecule has 2 aliphatic rings. The van der Waals surface area contributed by atoms with Crippen LogP contribution in [0.25, 0.3) is 11.3 Å². The van der Waals surface area contributed by atoms with Crippen LogP contribution < -0.4 is 9.47 Å². The van der Waals surface area contributed by atoms with Crippen molar-refractivity contribution in [1.29, 1.82) is 0 Å². The highest BCUT2D eigenvalue weighted by Crippen LogP contribution is 2.47. The molecule has 0 amide bonds. The summed E-state index contributed by atoms with van der Waals surface area (Å²) < 4.78 is 12.1. The minimum absolute atomic E-state index is 0.197. The van der Waals surface area contributed by atoms with Crippen molar-refractivity contribution in [2.75, 3.05) is 7.11 Å². The summed E-state index contributed by atoms with van der Waals surface area (Å²) in [5, 5.41) is 0. The number of rotatable bonds is 3. The maximum atomic E-state index is 6.32. The molecule has 0 atom stereocenters. The molecule has 0 fully saturated rings. The number of aliphatic imine (C=N–C) groups is 1. The van der Waals surface area contributed by atoms with Gasteiger partial charge in [0.1, 0.15) is 5.60 Å². The van der Waals surface area contributed by atoms with Crippen LogP contribution in [-0.2, 0) is 12.8 Å². The van der Waals surface area contributed by atoms with Gasteiger partial charge < -0.3 is 9.47 Å². The van der Waals surface area contributed by atoms with Gasteiger partial charge in [0.05, 0.1) is 24.1 Å². The molecule has 158 valence electrons. The van der Waals surface area contributed by atoms with Gasteiger partial charge in [-0.2, -0.15) is 0 Å². The number of aromatic nitrogens is 1. The first kappa shape index (κ1) is 19.8. The average molecular weight is 413 g/mol. The van der Waals surface area contributed by atoms with E-state index in [0.717, 1.165) is 46.9 Å². The highest BCUT2D eigenvalue weighted by atomic mass is 16.5. The minimum atomic E-state index is -0.265. The van der Waals surface area contributed by atoms with Crippen LogP contribution in [0.3, 0.4) is 0 Å². The normalized spacial score (nSPS) is 17.9. The van der Waals surface area contributed by atoms with E-state index in [-0.39, 0.29) is 11.1 Å². The smallest absolute Gasteiger partial charge is 0.166 e. The van der Waals surface area contributed by atoms with Gasteiger partial charge in [-0.15, -0.1) is 0 Å². The van der Waals surface area contributed by atoms with E-state index in [2.05, 4.69) is 63.0 Å². The van der Waals surface area contributed by atoms with Crippen LogP contribution in [0.2, 0.25) is 0 Å². The Hall–Kier alpha value is -3.14. The van der Waals surface area contributed by atoms with E-state index < -0.39 is 0 Å². The van der Waals surface area contributed by atoms with E-state index >= 15 is 0 Å². The SMILES string of the molecule is COc1cc2c(c3c1OC(C)(C)C3)C(c1cccc(-c3ccccn3)c1)=NC(C)(C)C2. The molecule has 3 heterocycles. The maximum absolute atomic E-state index is 6.32. The van der Waals surface area contributed by atoms with Crippen molar-refractivity contribution in [2.24, 2.45) is 4.99 Å². The summed E-state index contributed by atoms with van der Waals surface area (Å²) in [5.41, 5.74) is 7.41. The Balaban J connectivity index is 1.72. The van der Waals surface area contributed by atoms with E-state index in [1.807, 2.05) is 24.4 Å². The lowest BCUT2D eigenvalue weighted by Gasteiger charge is -2.31. The molecule has 31 heavy (non-hydrogen) atoms. The van der Waals surface area contributed by atoms with Crippen LogP contribution in [0, 0.1) is 0 Å². The summed E-state index contributed by atoms with van der Waals surface area (Å²) in [6, 6.07) is 16.7. The third kappa shape index (κ3) is 3.50. The molecule has 4 heteroatoms. The molecular formula is C27H28N2O2. The van der Waals surface area contributed by atoms with Crippen molar-refractivity contribution in [3.05, 3.63) is 77.0 Å². The zero-order valence-electron chi connectivity index (χ0n) is 18.8. The first-order valence-electron chi connectivity index (χ1n) is 10.8. The molecule has 2 aliphatic heterocycles. The van der Waals surface area contributed by atoms with Crippen molar-refractivity contribution < 1.29 is 9.47 Å². The van der Waals surface area contributed by atoms with Gasteiger partial charge in [0.25, 0.3) is 0 Å². The number of ether oxygens (including phenoxy) is 2. The first-order valence-corrected chi connectivity index (χ1v) is 10.8. The molecule has 4 nitrogen and oxygen atoms in total. The molecule has 0 saturated carbocycles. The predicted molar refractivity (Wildman–Crippen MR) is 125 cm³/mol. The van der Waals surface area contributed by atoms with Crippen LogP contribution in [-0.4, -0.2) is 28.9 Å². The number of nitrogens with zero attached hydrogens (tertiary/aromatic N) is 2. The highest BCUT2D eigenvalue weighted by Gasteiger charge is 2.39. The molecule has 5 rings (SSSR count). The van der Waals surface area contributed by atoms with E-state index in [4.69, 9.17) is 14.5 Å². The van der Waals surface area contributed by atoms with Gasteiger partial charge in [-0.25, -0.2) is 0 Å². The Labute approximate surface area is 184 Å². The number of hydrogen-bond acceptors (Lipinski definition) is 4. The second-order valence-corrected chi connectivity index (χ2v) is 9.70. The molecule has 2 aromatic carbocycles. The summed E-state index contributed by atoms with van der Waals surface area (Å²) in [7, 11) is 1.72. The van der Waals surface area contributed by atoms with Crippen molar-refractivity contribution in [1.82, 2.24) is 4.98 Å². The molecule has 0 spiro atoms.